The molecule has 1 saturated carbocycles. The average Bonchev–Trinajstić information content (AvgIpc) is 2.39. The van der Waals surface area contributed by atoms with Crippen LogP contribution >= 0.6 is 0 Å². The summed E-state index contributed by atoms with van der Waals surface area (Å²) in [7, 11) is 4.04. The maximum absolute atomic E-state index is 5.13. The quantitative estimate of drug-likeness (QED) is 0.722. The first-order valence-corrected chi connectivity index (χ1v) is 7.59. The molecule has 1 aliphatic carbocycles. The van der Waals surface area contributed by atoms with Crippen LogP contribution in [-0.2, 0) is 4.74 Å². The monoisotopic (exact) mass is 256 g/mol. The molecule has 0 saturated heterocycles. The Morgan fingerprint density at radius 1 is 1.28 bits per heavy atom. The van der Waals surface area contributed by atoms with Crippen LogP contribution in [0.1, 0.15) is 46.0 Å². The summed E-state index contributed by atoms with van der Waals surface area (Å²) in [5.41, 5.74) is 0. The van der Waals surface area contributed by atoms with E-state index < -0.39 is 0 Å². The Kier molecular flexibility index (Phi) is 7.87. The van der Waals surface area contributed by atoms with Gasteiger partial charge in [-0.3, -0.25) is 0 Å². The van der Waals surface area contributed by atoms with Crippen molar-refractivity contribution >= 4 is 0 Å². The van der Waals surface area contributed by atoms with Crippen molar-refractivity contribution in [3.63, 3.8) is 0 Å². The molecule has 1 unspecified atom stereocenters. The van der Waals surface area contributed by atoms with Gasteiger partial charge in [0.15, 0.2) is 0 Å². The smallest absolute Gasteiger partial charge is 0.0613 e. The second-order valence-corrected chi connectivity index (χ2v) is 5.87. The van der Waals surface area contributed by atoms with Gasteiger partial charge in [0.05, 0.1) is 6.61 Å². The molecule has 1 fully saturated rings. The first-order valence-electron chi connectivity index (χ1n) is 7.59. The minimum Gasteiger partial charge on any atom is -0.383 e. The van der Waals surface area contributed by atoms with E-state index in [1.807, 2.05) is 0 Å². The molecule has 0 spiro atoms. The van der Waals surface area contributed by atoms with Crippen molar-refractivity contribution in [2.24, 2.45) is 5.92 Å². The molecular weight excluding hydrogens is 224 g/mol. The van der Waals surface area contributed by atoms with Crippen molar-refractivity contribution in [2.75, 3.05) is 33.9 Å². The summed E-state index contributed by atoms with van der Waals surface area (Å²) in [6, 6.07) is 1.27. The fraction of sp³-hybridized carbons (Fsp3) is 1.00. The average molecular weight is 256 g/mol. The molecule has 3 heteroatoms. The predicted molar refractivity (Wildman–Crippen MR) is 78.0 cm³/mol. The Bertz CT molecular complexity index is 203. The third-order valence-electron chi connectivity index (χ3n) is 4.39. The van der Waals surface area contributed by atoms with Gasteiger partial charge >= 0.3 is 0 Å². The van der Waals surface area contributed by atoms with Gasteiger partial charge in [0.1, 0.15) is 0 Å². The van der Waals surface area contributed by atoms with E-state index in [4.69, 9.17) is 4.74 Å². The third kappa shape index (κ3) is 5.68. The molecule has 1 N–H and O–H groups in total. The summed E-state index contributed by atoms with van der Waals surface area (Å²) < 4.78 is 5.13. The molecule has 0 aromatic heterocycles. The molecule has 108 valence electrons. The lowest BCUT2D eigenvalue weighted by Gasteiger charge is -2.34. The molecule has 1 rings (SSSR count). The van der Waals surface area contributed by atoms with Gasteiger partial charge in [-0.05, 0) is 45.6 Å². The van der Waals surface area contributed by atoms with Gasteiger partial charge in [0.2, 0.25) is 0 Å². The van der Waals surface area contributed by atoms with E-state index in [-0.39, 0.29) is 0 Å². The number of rotatable bonds is 8. The zero-order valence-corrected chi connectivity index (χ0v) is 12.7. The first kappa shape index (κ1) is 15.9. The molecule has 18 heavy (non-hydrogen) atoms. The highest BCUT2D eigenvalue weighted by molar-refractivity contribution is 4.78. The van der Waals surface area contributed by atoms with Crippen molar-refractivity contribution in [1.82, 2.24) is 10.2 Å². The third-order valence-corrected chi connectivity index (χ3v) is 4.39. The Labute approximate surface area is 113 Å². The van der Waals surface area contributed by atoms with E-state index in [1.54, 1.807) is 7.11 Å². The van der Waals surface area contributed by atoms with Gasteiger partial charge in [-0.2, -0.15) is 0 Å². The van der Waals surface area contributed by atoms with Crippen LogP contribution in [0.2, 0.25) is 0 Å². The fourth-order valence-electron chi connectivity index (χ4n) is 2.97. The van der Waals surface area contributed by atoms with E-state index in [0.717, 1.165) is 31.7 Å². The molecule has 0 aromatic rings. The molecule has 0 amide bonds. The Hall–Kier alpha value is -0.120. The van der Waals surface area contributed by atoms with Gasteiger partial charge in [-0.1, -0.05) is 13.3 Å². The second-order valence-electron chi connectivity index (χ2n) is 5.87. The van der Waals surface area contributed by atoms with Crippen LogP contribution in [0.15, 0.2) is 0 Å². The van der Waals surface area contributed by atoms with E-state index in [2.05, 4.69) is 31.1 Å². The van der Waals surface area contributed by atoms with E-state index in [0.29, 0.717) is 6.04 Å². The van der Waals surface area contributed by atoms with Crippen molar-refractivity contribution in [3.8, 4) is 0 Å². The predicted octanol–water partition coefficient (Wildman–Crippen LogP) is 2.51. The van der Waals surface area contributed by atoms with Crippen LogP contribution in [0.5, 0.6) is 0 Å². The SMILES string of the molecule is CCC1CCC(N(C)CCNC(C)COC)CC1. The highest BCUT2D eigenvalue weighted by Gasteiger charge is 2.22. The van der Waals surface area contributed by atoms with Crippen LogP contribution < -0.4 is 5.32 Å². The van der Waals surface area contributed by atoms with E-state index in [9.17, 15) is 0 Å². The summed E-state index contributed by atoms with van der Waals surface area (Å²) in [6.45, 7) is 7.52. The van der Waals surface area contributed by atoms with E-state index >= 15 is 0 Å². The minimum atomic E-state index is 0.458. The first-order chi connectivity index (χ1) is 8.67. The van der Waals surface area contributed by atoms with Crippen LogP contribution in [-0.4, -0.2) is 50.8 Å². The zero-order valence-electron chi connectivity index (χ0n) is 12.7. The van der Waals surface area contributed by atoms with Gasteiger partial charge < -0.3 is 15.0 Å². The summed E-state index contributed by atoms with van der Waals surface area (Å²) in [5.74, 6) is 0.995. The maximum atomic E-state index is 5.13. The van der Waals surface area contributed by atoms with Crippen molar-refractivity contribution in [2.45, 2.75) is 58.0 Å². The second kappa shape index (κ2) is 8.89. The fourth-order valence-corrected chi connectivity index (χ4v) is 2.97. The van der Waals surface area contributed by atoms with Crippen molar-refractivity contribution in [1.29, 1.82) is 0 Å². The maximum Gasteiger partial charge on any atom is 0.0613 e. The van der Waals surface area contributed by atoms with Gasteiger partial charge in [-0.25, -0.2) is 0 Å². The zero-order chi connectivity index (χ0) is 13.4. The molecule has 1 aliphatic rings. The molecule has 0 aromatic carbocycles. The highest BCUT2D eigenvalue weighted by Crippen LogP contribution is 2.28. The van der Waals surface area contributed by atoms with Crippen LogP contribution in [0.3, 0.4) is 0 Å². The van der Waals surface area contributed by atoms with E-state index in [1.165, 1.54) is 32.1 Å². The standard InChI is InChI=1S/C15H32N2O/c1-5-14-6-8-15(9-7-14)17(3)11-10-16-13(2)12-18-4/h13-16H,5-12H2,1-4H3. The lowest BCUT2D eigenvalue weighted by Crippen LogP contribution is -2.41. The number of nitrogens with zero attached hydrogens (tertiary/aromatic N) is 1. The molecular formula is C15H32N2O. The molecule has 0 radical (unpaired) electrons. The summed E-state index contributed by atoms with van der Waals surface area (Å²) in [5, 5.41) is 3.51. The normalized spacial score (nSPS) is 26.5. The number of ether oxygens (including phenoxy) is 1. The molecule has 1 atom stereocenters. The molecule has 0 heterocycles. The van der Waals surface area contributed by atoms with Gasteiger partial charge in [-0.15, -0.1) is 0 Å². The van der Waals surface area contributed by atoms with Crippen molar-refractivity contribution in [3.05, 3.63) is 0 Å². The lowest BCUT2D eigenvalue weighted by molar-refractivity contribution is 0.152. The number of likely N-dealkylation sites (N-methyl/N-ethyl adjacent to an activating group) is 1. The lowest BCUT2D eigenvalue weighted by atomic mass is 9.84. The highest BCUT2D eigenvalue weighted by atomic mass is 16.5. The number of hydrogen-bond donors (Lipinski definition) is 1. The minimum absolute atomic E-state index is 0.458. The Balaban J connectivity index is 2.11. The number of hydrogen-bond acceptors (Lipinski definition) is 3. The van der Waals surface area contributed by atoms with Crippen LogP contribution in [0.4, 0.5) is 0 Å². The topological polar surface area (TPSA) is 24.5 Å². The largest absolute Gasteiger partial charge is 0.383 e. The summed E-state index contributed by atoms with van der Waals surface area (Å²) >= 11 is 0. The molecule has 3 nitrogen and oxygen atoms in total. The molecule has 0 bridgehead atoms. The Morgan fingerprint density at radius 3 is 2.50 bits per heavy atom. The van der Waals surface area contributed by atoms with Crippen molar-refractivity contribution < 1.29 is 4.74 Å². The number of methoxy groups -OCH3 is 1. The summed E-state index contributed by atoms with van der Waals surface area (Å²) in [4.78, 5) is 2.54. The summed E-state index contributed by atoms with van der Waals surface area (Å²) in [6.07, 6.45) is 7.01. The molecule has 0 aliphatic heterocycles. The Morgan fingerprint density at radius 2 is 1.94 bits per heavy atom. The van der Waals surface area contributed by atoms with Gasteiger partial charge in [0.25, 0.3) is 0 Å². The van der Waals surface area contributed by atoms with Crippen LogP contribution in [0.25, 0.3) is 0 Å². The van der Waals surface area contributed by atoms with Crippen LogP contribution in [0, 0.1) is 5.92 Å². The van der Waals surface area contributed by atoms with Gasteiger partial charge in [0, 0.05) is 32.3 Å². The number of nitrogens with one attached hydrogen (secondary N) is 1.